The smallest absolute Gasteiger partial charge is 0.155 e. The van der Waals surface area contributed by atoms with Crippen molar-refractivity contribution < 1.29 is 4.74 Å². The molecule has 4 rings (SSSR count). The summed E-state index contributed by atoms with van der Waals surface area (Å²) >= 11 is 0. The molecule has 3 heterocycles. The summed E-state index contributed by atoms with van der Waals surface area (Å²) in [7, 11) is 0. The summed E-state index contributed by atoms with van der Waals surface area (Å²) in [4.78, 5) is 11.0. The number of benzene rings is 1. The van der Waals surface area contributed by atoms with Gasteiger partial charge in [-0.25, -0.2) is 4.98 Å². The molecule has 1 atom stereocenters. The maximum absolute atomic E-state index is 5.72. The Morgan fingerprint density at radius 2 is 2.09 bits per heavy atom. The summed E-state index contributed by atoms with van der Waals surface area (Å²) in [6.07, 6.45) is 8.29. The Morgan fingerprint density at radius 3 is 2.83 bits per heavy atom. The molecule has 2 aromatic rings. The number of nitrogens with zero attached hydrogens (tertiary/aromatic N) is 4. The van der Waals surface area contributed by atoms with E-state index >= 15 is 0 Å². The first-order chi connectivity index (χ1) is 11.4. The minimum absolute atomic E-state index is 0.354. The van der Waals surface area contributed by atoms with Gasteiger partial charge in [0.1, 0.15) is 6.33 Å². The molecule has 1 aromatic heterocycles. The third-order valence-electron chi connectivity index (χ3n) is 4.18. The number of ether oxygens (including phenoxy) is 1. The first kappa shape index (κ1) is 14.1. The average molecular weight is 309 g/mol. The van der Waals surface area contributed by atoms with Crippen LogP contribution in [0.4, 0.5) is 0 Å². The molecule has 0 saturated carbocycles. The Kier molecular flexibility index (Phi) is 3.90. The standard InChI is InChI=1S/C17H19N5O/c1-2-15(23-9-1)10-22-8-7-18-16(11-22)13-3-5-14(6-4-13)17-19-12-20-21-17/h3-7,11-12,15H,1-2,8-10H2,(H,19,20,21)/t15-/m0/s1. The van der Waals surface area contributed by atoms with E-state index in [1.54, 1.807) is 0 Å². The average Bonchev–Trinajstić information content (AvgIpc) is 3.29. The second kappa shape index (κ2) is 6.34. The van der Waals surface area contributed by atoms with E-state index in [4.69, 9.17) is 4.74 Å². The Hall–Kier alpha value is -2.47. The highest BCUT2D eigenvalue weighted by atomic mass is 16.5. The second-order valence-corrected chi connectivity index (χ2v) is 5.83. The molecule has 23 heavy (non-hydrogen) atoms. The van der Waals surface area contributed by atoms with Crippen LogP contribution in [0.25, 0.3) is 17.1 Å². The highest BCUT2D eigenvalue weighted by Gasteiger charge is 2.19. The lowest BCUT2D eigenvalue weighted by molar-refractivity contribution is 0.0900. The minimum atomic E-state index is 0.354. The molecule has 1 aromatic carbocycles. The van der Waals surface area contributed by atoms with Crippen molar-refractivity contribution >= 4 is 11.9 Å². The van der Waals surface area contributed by atoms with Gasteiger partial charge >= 0.3 is 0 Å². The molecule has 1 N–H and O–H groups in total. The monoisotopic (exact) mass is 309 g/mol. The van der Waals surface area contributed by atoms with Crippen LogP contribution in [0.1, 0.15) is 18.4 Å². The van der Waals surface area contributed by atoms with Crippen LogP contribution in [0.3, 0.4) is 0 Å². The summed E-state index contributed by atoms with van der Waals surface area (Å²) in [5, 5.41) is 6.75. The zero-order valence-electron chi connectivity index (χ0n) is 12.9. The van der Waals surface area contributed by atoms with Gasteiger partial charge in [-0.1, -0.05) is 24.3 Å². The fraction of sp³-hybridized carbons (Fsp3) is 0.353. The van der Waals surface area contributed by atoms with E-state index in [1.807, 2.05) is 18.3 Å². The first-order valence-electron chi connectivity index (χ1n) is 7.95. The van der Waals surface area contributed by atoms with Crippen LogP contribution in [-0.4, -0.2) is 52.1 Å². The molecule has 0 aliphatic carbocycles. The van der Waals surface area contributed by atoms with E-state index in [0.29, 0.717) is 6.10 Å². The molecule has 118 valence electrons. The summed E-state index contributed by atoms with van der Waals surface area (Å²) in [6, 6.07) is 8.20. The maximum atomic E-state index is 5.72. The molecule has 6 nitrogen and oxygen atoms in total. The Labute approximate surface area is 134 Å². The zero-order valence-corrected chi connectivity index (χ0v) is 12.9. The molecule has 0 unspecified atom stereocenters. The lowest BCUT2D eigenvalue weighted by Crippen LogP contribution is -2.31. The van der Waals surface area contributed by atoms with Crippen LogP contribution in [0.15, 0.2) is 41.8 Å². The van der Waals surface area contributed by atoms with E-state index in [0.717, 1.165) is 48.8 Å². The van der Waals surface area contributed by atoms with Gasteiger partial charge < -0.3 is 9.64 Å². The van der Waals surface area contributed by atoms with Crippen molar-refractivity contribution in [2.45, 2.75) is 18.9 Å². The number of nitrogens with one attached hydrogen (secondary N) is 1. The second-order valence-electron chi connectivity index (χ2n) is 5.83. The maximum Gasteiger partial charge on any atom is 0.155 e. The molecule has 1 saturated heterocycles. The largest absolute Gasteiger partial charge is 0.376 e. The van der Waals surface area contributed by atoms with Crippen LogP contribution in [0.5, 0.6) is 0 Å². The van der Waals surface area contributed by atoms with Gasteiger partial charge in [-0.2, -0.15) is 5.10 Å². The van der Waals surface area contributed by atoms with Crippen molar-refractivity contribution in [1.29, 1.82) is 0 Å². The SMILES string of the molecule is C1=NC(c2ccc(-c3ncn[nH]3)cc2)=CN(C[C@@H]2CCCO2)C1. The zero-order chi connectivity index (χ0) is 15.5. The van der Waals surface area contributed by atoms with Crippen LogP contribution >= 0.6 is 0 Å². The number of hydrogen-bond donors (Lipinski definition) is 1. The van der Waals surface area contributed by atoms with E-state index < -0.39 is 0 Å². The lowest BCUT2D eigenvalue weighted by Gasteiger charge is -2.25. The number of hydrogen-bond acceptors (Lipinski definition) is 5. The van der Waals surface area contributed by atoms with Gasteiger partial charge in [-0.3, -0.25) is 10.1 Å². The van der Waals surface area contributed by atoms with Gasteiger partial charge in [0, 0.05) is 36.7 Å². The van der Waals surface area contributed by atoms with Gasteiger partial charge in [0.15, 0.2) is 5.82 Å². The highest BCUT2D eigenvalue weighted by molar-refractivity contribution is 5.77. The number of rotatable bonds is 4. The first-order valence-corrected chi connectivity index (χ1v) is 7.95. The fourth-order valence-corrected chi connectivity index (χ4v) is 2.97. The molecule has 1 fully saturated rings. The van der Waals surface area contributed by atoms with Crippen molar-refractivity contribution in [3.8, 4) is 11.4 Å². The predicted octanol–water partition coefficient (Wildman–Crippen LogP) is 2.34. The van der Waals surface area contributed by atoms with Crippen LogP contribution in [0, 0.1) is 0 Å². The predicted molar refractivity (Wildman–Crippen MR) is 88.8 cm³/mol. The van der Waals surface area contributed by atoms with E-state index in [9.17, 15) is 0 Å². The molecule has 0 amide bonds. The molecule has 6 heteroatoms. The molecule has 0 bridgehead atoms. The third-order valence-corrected chi connectivity index (χ3v) is 4.18. The van der Waals surface area contributed by atoms with Crippen LogP contribution in [0.2, 0.25) is 0 Å². The quantitative estimate of drug-likeness (QED) is 0.941. The minimum Gasteiger partial charge on any atom is -0.376 e. The van der Waals surface area contributed by atoms with Crippen molar-refractivity contribution in [3.63, 3.8) is 0 Å². The topological polar surface area (TPSA) is 66.4 Å². The summed E-state index contributed by atoms with van der Waals surface area (Å²) in [6.45, 7) is 2.68. The van der Waals surface area contributed by atoms with Crippen LogP contribution in [-0.2, 0) is 4.74 Å². The summed E-state index contributed by atoms with van der Waals surface area (Å²) in [5.74, 6) is 0.776. The van der Waals surface area contributed by atoms with E-state index in [1.165, 1.54) is 12.7 Å². The van der Waals surface area contributed by atoms with Crippen molar-refractivity contribution in [2.24, 2.45) is 4.99 Å². The molecule has 0 radical (unpaired) electrons. The van der Waals surface area contributed by atoms with Crippen molar-refractivity contribution in [1.82, 2.24) is 20.1 Å². The Balaban J connectivity index is 1.49. The van der Waals surface area contributed by atoms with Crippen LogP contribution < -0.4 is 0 Å². The summed E-state index contributed by atoms with van der Waals surface area (Å²) < 4.78 is 5.72. The fourth-order valence-electron chi connectivity index (χ4n) is 2.97. The van der Waals surface area contributed by atoms with E-state index in [-0.39, 0.29) is 0 Å². The molecular formula is C17H19N5O. The van der Waals surface area contributed by atoms with E-state index in [2.05, 4.69) is 43.4 Å². The highest BCUT2D eigenvalue weighted by Crippen LogP contribution is 2.23. The third kappa shape index (κ3) is 3.17. The van der Waals surface area contributed by atoms with Gasteiger partial charge in [0.2, 0.25) is 0 Å². The van der Waals surface area contributed by atoms with Crippen molar-refractivity contribution in [2.75, 3.05) is 19.7 Å². The molecule has 2 aliphatic rings. The summed E-state index contributed by atoms with van der Waals surface area (Å²) in [5.41, 5.74) is 3.10. The number of H-pyrrole nitrogens is 1. The molecule has 0 spiro atoms. The Morgan fingerprint density at radius 1 is 1.22 bits per heavy atom. The number of aromatic amines is 1. The molecule has 2 aliphatic heterocycles. The van der Waals surface area contributed by atoms with Gasteiger partial charge in [0.25, 0.3) is 0 Å². The normalized spacial score (nSPS) is 20.8. The van der Waals surface area contributed by atoms with Gasteiger partial charge in [0.05, 0.1) is 18.3 Å². The number of aliphatic imine (C=N–C) groups is 1. The van der Waals surface area contributed by atoms with Gasteiger partial charge in [-0.05, 0) is 12.8 Å². The Bertz CT molecular complexity index is 699. The lowest BCUT2D eigenvalue weighted by atomic mass is 10.1. The van der Waals surface area contributed by atoms with Gasteiger partial charge in [-0.15, -0.1) is 0 Å². The molecular weight excluding hydrogens is 290 g/mol. The number of aromatic nitrogens is 3. The van der Waals surface area contributed by atoms with Crippen molar-refractivity contribution in [3.05, 3.63) is 42.4 Å².